The number of ether oxygens (including phenoxy) is 1. The van der Waals surface area contributed by atoms with Crippen molar-refractivity contribution in [2.45, 2.75) is 34.1 Å². The van der Waals surface area contributed by atoms with E-state index in [2.05, 4.69) is 10.6 Å². The highest BCUT2D eigenvalue weighted by Gasteiger charge is 2.16. The summed E-state index contributed by atoms with van der Waals surface area (Å²) in [5, 5.41) is 5.21. The number of hydrogen-bond donors (Lipinski definition) is 2. The normalized spacial score (nSPS) is 10.8. The number of carbonyl (C=O) groups is 3. The van der Waals surface area contributed by atoms with Crippen LogP contribution in [0.1, 0.15) is 44.5 Å². The number of nitrogens with one attached hydrogen (secondary N) is 2. The molecular formula is C17H24N2O4. The smallest absolute Gasteiger partial charge is 0.338 e. The number of carbonyl (C=O) groups excluding carboxylic acids is 3. The maximum absolute atomic E-state index is 11.8. The number of amides is 2. The Bertz CT molecular complexity index is 576. The highest BCUT2D eigenvalue weighted by molar-refractivity contribution is 5.96. The summed E-state index contributed by atoms with van der Waals surface area (Å²) in [4.78, 5) is 35.2. The average molecular weight is 320 g/mol. The van der Waals surface area contributed by atoms with Crippen molar-refractivity contribution >= 4 is 23.5 Å². The van der Waals surface area contributed by atoms with Crippen molar-refractivity contribution < 1.29 is 19.1 Å². The maximum atomic E-state index is 11.8. The lowest BCUT2D eigenvalue weighted by atomic mass is 9.92. The summed E-state index contributed by atoms with van der Waals surface area (Å²) in [5.41, 5.74) is 0.709. The van der Waals surface area contributed by atoms with Gasteiger partial charge < -0.3 is 15.4 Å². The van der Waals surface area contributed by atoms with Gasteiger partial charge >= 0.3 is 5.97 Å². The number of hydrogen-bond acceptors (Lipinski definition) is 4. The van der Waals surface area contributed by atoms with Gasteiger partial charge in [0, 0.05) is 12.1 Å². The molecule has 2 N–H and O–H groups in total. The second-order valence-corrected chi connectivity index (χ2v) is 6.36. The molecule has 0 saturated heterocycles. The van der Waals surface area contributed by atoms with Gasteiger partial charge in [0.25, 0.3) is 0 Å². The van der Waals surface area contributed by atoms with E-state index in [-0.39, 0.29) is 30.4 Å². The van der Waals surface area contributed by atoms with E-state index in [1.165, 1.54) is 6.07 Å². The predicted molar refractivity (Wildman–Crippen MR) is 88.1 cm³/mol. The molecule has 23 heavy (non-hydrogen) atoms. The van der Waals surface area contributed by atoms with E-state index in [0.29, 0.717) is 17.7 Å². The van der Waals surface area contributed by atoms with Gasteiger partial charge in [-0.2, -0.15) is 0 Å². The van der Waals surface area contributed by atoms with E-state index < -0.39 is 5.97 Å². The van der Waals surface area contributed by atoms with E-state index in [0.717, 1.165) is 0 Å². The van der Waals surface area contributed by atoms with Crippen LogP contribution in [0.5, 0.6) is 0 Å². The molecule has 0 unspecified atom stereocenters. The van der Waals surface area contributed by atoms with Crippen LogP contribution in [0.15, 0.2) is 24.3 Å². The number of benzene rings is 1. The Balaban J connectivity index is 2.53. The van der Waals surface area contributed by atoms with E-state index >= 15 is 0 Å². The molecule has 2 amide bonds. The fourth-order valence-corrected chi connectivity index (χ4v) is 1.87. The Morgan fingerprint density at radius 2 is 1.83 bits per heavy atom. The SMILES string of the molecule is CCOC(=O)c1cccc(NC(=O)CNC(=O)CC(C)(C)C)c1. The van der Waals surface area contributed by atoms with Gasteiger partial charge in [0.2, 0.25) is 11.8 Å². The molecule has 1 aromatic rings. The van der Waals surface area contributed by atoms with Gasteiger partial charge in [0.15, 0.2) is 0 Å². The van der Waals surface area contributed by atoms with E-state index in [9.17, 15) is 14.4 Å². The fourth-order valence-electron chi connectivity index (χ4n) is 1.87. The molecule has 126 valence electrons. The quantitative estimate of drug-likeness (QED) is 0.788. The third-order valence-electron chi connectivity index (χ3n) is 2.79. The second kappa shape index (κ2) is 8.31. The maximum Gasteiger partial charge on any atom is 0.338 e. The van der Waals surface area contributed by atoms with Gasteiger partial charge in [0.05, 0.1) is 18.7 Å². The van der Waals surface area contributed by atoms with Gasteiger partial charge in [-0.1, -0.05) is 26.8 Å². The Kier molecular flexibility index (Phi) is 6.75. The van der Waals surface area contributed by atoms with Crippen molar-refractivity contribution in [3.63, 3.8) is 0 Å². The third kappa shape index (κ3) is 7.44. The molecule has 0 atom stereocenters. The first kappa shape index (κ1) is 18.7. The highest BCUT2D eigenvalue weighted by Crippen LogP contribution is 2.17. The molecule has 0 spiro atoms. The summed E-state index contributed by atoms with van der Waals surface area (Å²) in [6.07, 6.45) is 0.346. The Labute approximate surface area is 136 Å². The van der Waals surface area contributed by atoms with Crippen LogP contribution >= 0.6 is 0 Å². The zero-order valence-corrected chi connectivity index (χ0v) is 14.1. The first-order valence-electron chi connectivity index (χ1n) is 7.55. The van der Waals surface area contributed by atoms with Gasteiger partial charge in [-0.05, 0) is 30.5 Å². The van der Waals surface area contributed by atoms with Crippen LogP contribution in [0.2, 0.25) is 0 Å². The zero-order valence-electron chi connectivity index (χ0n) is 14.1. The highest BCUT2D eigenvalue weighted by atomic mass is 16.5. The summed E-state index contributed by atoms with van der Waals surface area (Å²) >= 11 is 0. The van der Waals surface area contributed by atoms with Gasteiger partial charge in [-0.15, -0.1) is 0 Å². The van der Waals surface area contributed by atoms with Crippen molar-refractivity contribution in [1.82, 2.24) is 5.32 Å². The lowest BCUT2D eigenvalue weighted by Gasteiger charge is -2.17. The van der Waals surface area contributed by atoms with Crippen LogP contribution in [-0.2, 0) is 14.3 Å². The van der Waals surface area contributed by atoms with Gasteiger partial charge in [0.1, 0.15) is 0 Å². The molecule has 0 bridgehead atoms. The fraction of sp³-hybridized carbons (Fsp3) is 0.471. The number of esters is 1. The van der Waals surface area contributed by atoms with Crippen LogP contribution in [-0.4, -0.2) is 30.9 Å². The van der Waals surface area contributed by atoms with Crippen LogP contribution < -0.4 is 10.6 Å². The minimum Gasteiger partial charge on any atom is -0.462 e. The summed E-state index contributed by atoms with van der Waals surface area (Å²) in [7, 11) is 0. The predicted octanol–water partition coefficient (Wildman–Crippen LogP) is 2.35. The van der Waals surface area contributed by atoms with E-state index in [1.54, 1.807) is 25.1 Å². The molecule has 0 fully saturated rings. The molecule has 0 aliphatic carbocycles. The molecule has 0 aliphatic rings. The monoisotopic (exact) mass is 320 g/mol. The molecule has 0 aliphatic heterocycles. The zero-order chi connectivity index (χ0) is 17.5. The lowest BCUT2D eigenvalue weighted by molar-refractivity contribution is -0.125. The van der Waals surface area contributed by atoms with Crippen molar-refractivity contribution in [2.24, 2.45) is 5.41 Å². The first-order chi connectivity index (χ1) is 10.7. The van der Waals surface area contributed by atoms with Crippen LogP contribution in [0, 0.1) is 5.41 Å². The van der Waals surface area contributed by atoms with Crippen molar-refractivity contribution in [2.75, 3.05) is 18.5 Å². The number of anilines is 1. The average Bonchev–Trinajstić information content (AvgIpc) is 2.44. The van der Waals surface area contributed by atoms with Crippen molar-refractivity contribution in [3.8, 4) is 0 Å². The molecule has 0 aromatic heterocycles. The van der Waals surface area contributed by atoms with Crippen LogP contribution in [0.3, 0.4) is 0 Å². The van der Waals surface area contributed by atoms with Gasteiger partial charge in [-0.3, -0.25) is 9.59 Å². The molecule has 1 rings (SSSR count). The molecule has 0 heterocycles. The second-order valence-electron chi connectivity index (χ2n) is 6.36. The first-order valence-corrected chi connectivity index (χ1v) is 7.55. The van der Waals surface area contributed by atoms with Crippen LogP contribution in [0.4, 0.5) is 5.69 Å². The minimum atomic E-state index is -0.443. The molecular weight excluding hydrogens is 296 g/mol. The summed E-state index contributed by atoms with van der Waals surface area (Å²) < 4.78 is 4.90. The largest absolute Gasteiger partial charge is 0.462 e. The summed E-state index contributed by atoms with van der Waals surface area (Å²) in [6.45, 7) is 7.76. The Hall–Kier alpha value is -2.37. The van der Waals surface area contributed by atoms with Crippen LogP contribution in [0.25, 0.3) is 0 Å². The lowest BCUT2D eigenvalue weighted by Crippen LogP contribution is -2.34. The molecule has 0 radical (unpaired) electrons. The van der Waals surface area contributed by atoms with E-state index in [4.69, 9.17) is 4.74 Å². The minimum absolute atomic E-state index is 0.113. The Morgan fingerprint density at radius 1 is 1.13 bits per heavy atom. The molecule has 6 nitrogen and oxygen atoms in total. The topological polar surface area (TPSA) is 84.5 Å². The van der Waals surface area contributed by atoms with Gasteiger partial charge in [-0.25, -0.2) is 4.79 Å². The van der Waals surface area contributed by atoms with Crippen molar-refractivity contribution in [3.05, 3.63) is 29.8 Å². The number of rotatable bonds is 6. The Morgan fingerprint density at radius 3 is 2.43 bits per heavy atom. The standard InChI is InChI=1S/C17H24N2O4/c1-5-23-16(22)12-7-6-8-13(9-12)19-15(21)11-18-14(20)10-17(2,3)4/h6-9H,5,10-11H2,1-4H3,(H,18,20)(H,19,21). The molecule has 1 aromatic carbocycles. The molecule has 6 heteroatoms. The third-order valence-corrected chi connectivity index (χ3v) is 2.79. The van der Waals surface area contributed by atoms with Crippen molar-refractivity contribution in [1.29, 1.82) is 0 Å². The molecule has 0 saturated carbocycles. The summed E-state index contributed by atoms with van der Waals surface area (Å²) in [6, 6.07) is 6.46. The summed E-state index contributed by atoms with van der Waals surface area (Å²) in [5.74, 6) is -0.969. The van der Waals surface area contributed by atoms with E-state index in [1.807, 2.05) is 20.8 Å².